The Bertz CT molecular complexity index is 163. The summed E-state index contributed by atoms with van der Waals surface area (Å²) in [6.45, 7) is 0.799. The number of rotatable bonds is 3. The summed E-state index contributed by atoms with van der Waals surface area (Å²) >= 11 is 1.87. The highest BCUT2D eigenvalue weighted by molar-refractivity contribution is 8.00. The zero-order chi connectivity index (χ0) is 9.03. The Morgan fingerprint density at radius 1 is 1.58 bits per heavy atom. The Morgan fingerprint density at radius 3 is 2.58 bits per heavy atom. The Balaban J connectivity index is 2.24. The molecule has 1 saturated carbocycles. The van der Waals surface area contributed by atoms with E-state index in [1.165, 1.54) is 19.3 Å². The first-order chi connectivity index (χ1) is 5.72. The number of thioether (sulfide) groups is 1. The maximum absolute atomic E-state index is 10.9. The first-order valence-corrected chi connectivity index (χ1v) is 5.46. The summed E-state index contributed by atoms with van der Waals surface area (Å²) in [4.78, 5) is 10.9. The van der Waals surface area contributed by atoms with E-state index in [9.17, 15) is 4.79 Å². The Hall–Kier alpha value is -0.380. The molecule has 0 bridgehead atoms. The van der Waals surface area contributed by atoms with Crippen molar-refractivity contribution in [1.82, 2.24) is 10.6 Å². The van der Waals surface area contributed by atoms with Gasteiger partial charge in [-0.1, -0.05) is 6.42 Å². The fraction of sp³-hybridized carbons (Fsp3) is 0.875. The van der Waals surface area contributed by atoms with E-state index < -0.39 is 0 Å². The lowest BCUT2D eigenvalue weighted by Crippen LogP contribution is -2.47. The lowest BCUT2D eigenvalue weighted by atomic mass is 9.84. The highest BCUT2D eigenvalue weighted by Gasteiger charge is 2.36. The second-order valence-corrected chi connectivity index (χ2v) is 4.45. The predicted octanol–water partition coefficient (Wildman–Crippen LogP) is 1.20. The molecule has 2 amide bonds. The molecular weight excluding hydrogens is 172 g/mol. The van der Waals surface area contributed by atoms with Gasteiger partial charge in [-0.15, -0.1) is 0 Å². The maximum Gasteiger partial charge on any atom is 0.314 e. The number of hydrogen-bond donors (Lipinski definition) is 2. The van der Waals surface area contributed by atoms with Crippen molar-refractivity contribution in [3.05, 3.63) is 0 Å². The van der Waals surface area contributed by atoms with Gasteiger partial charge < -0.3 is 10.6 Å². The van der Waals surface area contributed by atoms with Gasteiger partial charge in [0.15, 0.2) is 0 Å². The van der Waals surface area contributed by atoms with Gasteiger partial charge in [0.2, 0.25) is 0 Å². The third-order valence-electron chi connectivity index (χ3n) is 2.50. The lowest BCUT2D eigenvalue weighted by molar-refractivity contribution is 0.238. The Kier molecular flexibility index (Phi) is 3.26. The molecule has 0 aliphatic heterocycles. The lowest BCUT2D eigenvalue weighted by Gasteiger charge is -2.40. The van der Waals surface area contributed by atoms with E-state index in [1.54, 1.807) is 7.05 Å². The van der Waals surface area contributed by atoms with Crippen molar-refractivity contribution in [2.24, 2.45) is 0 Å². The molecule has 0 saturated heterocycles. The SMILES string of the molecule is CNC(=O)NCC1(SC)CCC1. The second-order valence-electron chi connectivity index (χ2n) is 3.17. The Morgan fingerprint density at radius 2 is 2.25 bits per heavy atom. The number of urea groups is 1. The average Bonchev–Trinajstić information content (AvgIpc) is 2.03. The number of hydrogen-bond acceptors (Lipinski definition) is 2. The quantitative estimate of drug-likeness (QED) is 0.699. The molecule has 3 nitrogen and oxygen atoms in total. The van der Waals surface area contributed by atoms with Gasteiger partial charge in [0.25, 0.3) is 0 Å². The van der Waals surface area contributed by atoms with Crippen LogP contribution in [0.5, 0.6) is 0 Å². The minimum atomic E-state index is -0.0738. The van der Waals surface area contributed by atoms with Crippen LogP contribution in [0.25, 0.3) is 0 Å². The van der Waals surface area contributed by atoms with E-state index in [1.807, 2.05) is 11.8 Å². The van der Waals surface area contributed by atoms with Crippen LogP contribution in [-0.2, 0) is 0 Å². The van der Waals surface area contributed by atoms with Crippen molar-refractivity contribution in [2.75, 3.05) is 19.8 Å². The maximum atomic E-state index is 10.9. The molecule has 4 heteroatoms. The molecule has 12 heavy (non-hydrogen) atoms. The minimum absolute atomic E-state index is 0.0738. The first kappa shape index (κ1) is 9.71. The zero-order valence-electron chi connectivity index (χ0n) is 7.64. The van der Waals surface area contributed by atoms with E-state index in [4.69, 9.17) is 0 Å². The first-order valence-electron chi connectivity index (χ1n) is 4.23. The molecule has 2 N–H and O–H groups in total. The third kappa shape index (κ3) is 2.06. The molecule has 1 aliphatic rings. The molecular formula is C8H16N2OS. The predicted molar refractivity (Wildman–Crippen MR) is 52.6 cm³/mol. The number of nitrogens with one attached hydrogen (secondary N) is 2. The van der Waals surface area contributed by atoms with Gasteiger partial charge in [0, 0.05) is 18.3 Å². The van der Waals surface area contributed by atoms with Gasteiger partial charge in [0.05, 0.1) is 0 Å². The van der Waals surface area contributed by atoms with E-state index in [0.717, 1.165) is 6.54 Å². The summed E-state index contributed by atoms with van der Waals surface area (Å²) in [6, 6.07) is -0.0738. The van der Waals surface area contributed by atoms with Crippen molar-refractivity contribution < 1.29 is 4.79 Å². The van der Waals surface area contributed by atoms with Crippen molar-refractivity contribution in [1.29, 1.82) is 0 Å². The van der Waals surface area contributed by atoms with Crippen LogP contribution in [-0.4, -0.2) is 30.6 Å². The van der Waals surface area contributed by atoms with Crippen LogP contribution in [0, 0.1) is 0 Å². The van der Waals surface area contributed by atoms with Crippen LogP contribution >= 0.6 is 11.8 Å². The fourth-order valence-corrected chi connectivity index (χ4v) is 2.27. The van der Waals surface area contributed by atoms with Gasteiger partial charge >= 0.3 is 6.03 Å². The molecule has 0 radical (unpaired) electrons. The molecule has 1 rings (SSSR count). The van der Waals surface area contributed by atoms with Crippen LogP contribution in [0.1, 0.15) is 19.3 Å². The smallest absolute Gasteiger partial charge is 0.314 e. The highest BCUT2D eigenvalue weighted by Crippen LogP contribution is 2.41. The van der Waals surface area contributed by atoms with Gasteiger partial charge in [0.1, 0.15) is 0 Å². The molecule has 0 aromatic heterocycles. The largest absolute Gasteiger partial charge is 0.341 e. The van der Waals surface area contributed by atoms with Gasteiger partial charge in [-0.05, 0) is 19.1 Å². The molecule has 0 spiro atoms. The van der Waals surface area contributed by atoms with Crippen LogP contribution < -0.4 is 10.6 Å². The zero-order valence-corrected chi connectivity index (χ0v) is 8.46. The van der Waals surface area contributed by atoms with Crippen molar-refractivity contribution in [2.45, 2.75) is 24.0 Å². The molecule has 1 fully saturated rings. The molecule has 0 unspecified atom stereocenters. The van der Waals surface area contributed by atoms with Crippen LogP contribution in [0.4, 0.5) is 4.79 Å². The second kappa shape index (κ2) is 4.03. The normalized spacial score (nSPS) is 19.5. The molecule has 0 heterocycles. The van der Waals surface area contributed by atoms with Crippen LogP contribution in [0.15, 0.2) is 0 Å². The summed E-state index contributed by atoms with van der Waals surface area (Å²) in [5, 5.41) is 5.41. The van der Waals surface area contributed by atoms with Gasteiger partial charge in [-0.3, -0.25) is 0 Å². The van der Waals surface area contributed by atoms with Crippen molar-refractivity contribution in [3.63, 3.8) is 0 Å². The van der Waals surface area contributed by atoms with Crippen LogP contribution in [0.2, 0.25) is 0 Å². The molecule has 70 valence electrons. The Labute approximate surface area is 77.7 Å². The van der Waals surface area contributed by atoms with E-state index >= 15 is 0 Å². The van der Waals surface area contributed by atoms with Gasteiger partial charge in [-0.2, -0.15) is 11.8 Å². The summed E-state index contributed by atoms with van der Waals surface area (Å²) in [5.41, 5.74) is 0. The summed E-state index contributed by atoms with van der Waals surface area (Å²) in [5.74, 6) is 0. The fourth-order valence-electron chi connectivity index (χ4n) is 1.35. The number of amides is 2. The topological polar surface area (TPSA) is 41.1 Å². The molecule has 0 aromatic rings. The molecule has 1 aliphatic carbocycles. The highest BCUT2D eigenvalue weighted by atomic mass is 32.2. The number of carbonyl (C=O) groups is 1. The van der Waals surface area contributed by atoms with Crippen molar-refractivity contribution >= 4 is 17.8 Å². The summed E-state index contributed by atoms with van der Waals surface area (Å²) in [6.07, 6.45) is 5.89. The van der Waals surface area contributed by atoms with E-state index in [-0.39, 0.29) is 6.03 Å². The van der Waals surface area contributed by atoms with Gasteiger partial charge in [-0.25, -0.2) is 4.79 Å². The van der Waals surface area contributed by atoms with E-state index in [2.05, 4.69) is 16.9 Å². The van der Waals surface area contributed by atoms with Crippen molar-refractivity contribution in [3.8, 4) is 0 Å². The average molecular weight is 188 g/mol. The molecule has 0 atom stereocenters. The standard InChI is InChI=1S/C8H16N2OS/c1-9-7(11)10-6-8(12-2)4-3-5-8/h3-6H2,1-2H3,(H2,9,10,11). The molecule has 0 aromatic carbocycles. The monoisotopic (exact) mass is 188 g/mol. The third-order valence-corrected chi connectivity index (χ3v) is 3.91. The minimum Gasteiger partial charge on any atom is -0.341 e. The summed E-state index contributed by atoms with van der Waals surface area (Å²) < 4.78 is 0.340. The van der Waals surface area contributed by atoms with E-state index in [0.29, 0.717) is 4.75 Å². The number of carbonyl (C=O) groups excluding carboxylic acids is 1. The summed E-state index contributed by atoms with van der Waals surface area (Å²) in [7, 11) is 1.64. The van der Waals surface area contributed by atoms with Crippen LogP contribution in [0.3, 0.4) is 0 Å².